The third-order valence-corrected chi connectivity index (χ3v) is 3.77. The molecular formula is C10H13BrN2O5. The van der Waals surface area contributed by atoms with Crippen LogP contribution in [-0.2, 0) is 9.37 Å². The van der Waals surface area contributed by atoms with E-state index >= 15 is 0 Å². The topological polar surface area (TPSA) is 105 Å². The number of aliphatic hydroxyl groups excluding tert-OH is 2. The molecule has 0 spiro atoms. The minimum Gasteiger partial charge on any atom is -0.394 e. The summed E-state index contributed by atoms with van der Waals surface area (Å²) >= 11 is 3.23. The van der Waals surface area contributed by atoms with Crippen LogP contribution in [0, 0.1) is 6.92 Å². The Balaban J connectivity index is 2.47. The SMILES string of the molecule is Cc1cn([C@@]2(Br)C[C@H](O)[C@@H](CO)O2)c(=O)[nH]c1=O. The van der Waals surface area contributed by atoms with Crippen LogP contribution in [0.4, 0.5) is 0 Å². The molecule has 0 aromatic carbocycles. The summed E-state index contributed by atoms with van der Waals surface area (Å²) in [7, 11) is 0. The van der Waals surface area contributed by atoms with Crippen molar-refractivity contribution in [1.29, 1.82) is 0 Å². The third kappa shape index (κ3) is 2.16. The van der Waals surface area contributed by atoms with Gasteiger partial charge in [-0.15, -0.1) is 0 Å². The van der Waals surface area contributed by atoms with Crippen LogP contribution in [0.2, 0.25) is 0 Å². The number of rotatable bonds is 2. The number of aliphatic hydroxyl groups is 2. The first-order chi connectivity index (χ1) is 8.37. The molecule has 100 valence electrons. The van der Waals surface area contributed by atoms with Gasteiger partial charge in [-0.05, 0) is 22.9 Å². The molecule has 0 saturated carbocycles. The van der Waals surface area contributed by atoms with Gasteiger partial charge in [-0.3, -0.25) is 14.3 Å². The lowest BCUT2D eigenvalue weighted by molar-refractivity contribution is -0.0608. The van der Waals surface area contributed by atoms with Crippen molar-refractivity contribution in [3.8, 4) is 0 Å². The molecule has 0 unspecified atom stereocenters. The van der Waals surface area contributed by atoms with Crippen LogP contribution in [0.5, 0.6) is 0 Å². The molecule has 1 saturated heterocycles. The van der Waals surface area contributed by atoms with E-state index in [1.165, 1.54) is 6.20 Å². The fraction of sp³-hybridized carbons (Fsp3) is 0.600. The summed E-state index contributed by atoms with van der Waals surface area (Å²) in [6.45, 7) is 1.20. The Hall–Kier alpha value is -0.960. The van der Waals surface area contributed by atoms with Gasteiger partial charge in [0.1, 0.15) is 6.10 Å². The van der Waals surface area contributed by atoms with Gasteiger partial charge in [-0.25, -0.2) is 4.79 Å². The number of hydrogen-bond acceptors (Lipinski definition) is 5. The predicted octanol–water partition coefficient (Wildman–Crippen LogP) is -1.01. The molecule has 0 radical (unpaired) electrons. The second kappa shape index (κ2) is 4.61. The van der Waals surface area contributed by atoms with E-state index in [9.17, 15) is 14.7 Å². The zero-order valence-electron chi connectivity index (χ0n) is 9.59. The van der Waals surface area contributed by atoms with Gasteiger partial charge in [0, 0.05) is 18.2 Å². The summed E-state index contributed by atoms with van der Waals surface area (Å²) in [4.78, 5) is 25.2. The zero-order chi connectivity index (χ0) is 13.5. The van der Waals surface area contributed by atoms with Crippen molar-refractivity contribution in [2.75, 3.05) is 6.61 Å². The van der Waals surface area contributed by atoms with E-state index in [1.54, 1.807) is 6.92 Å². The third-order valence-electron chi connectivity index (χ3n) is 2.88. The van der Waals surface area contributed by atoms with Gasteiger partial charge in [-0.2, -0.15) is 0 Å². The molecule has 3 atom stereocenters. The highest BCUT2D eigenvalue weighted by atomic mass is 79.9. The number of hydrogen-bond donors (Lipinski definition) is 3. The van der Waals surface area contributed by atoms with E-state index in [0.717, 1.165) is 4.57 Å². The molecule has 8 heteroatoms. The van der Waals surface area contributed by atoms with Gasteiger partial charge in [0.15, 0.2) is 0 Å². The highest BCUT2D eigenvalue weighted by Gasteiger charge is 2.46. The number of halogens is 1. The maximum atomic E-state index is 11.7. The number of aromatic amines is 1. The van der Waals surface area contributed by atoms with E-state index in [4.69, 9.17) is 9.84 Å². The highest BCUT2D eigenvalue weighted by Crippen LogP contribution is 2.39. The molecule has 7 nitrogen and oxygen atoms in total. The quantitative estimate of drug-likeness (QED) is 0.606. The molecule has 1 fully saturated rings. The van der Waals surface area contributed by atoms with E-state index in [2.05, 4.69) is 20.9 Å². The van der Waals surface area contributed by atoms with Gasteiger partial charge in [0.25, 0.3) is 5.56 Å². The smallest absolute Gasteiger partial charge is 0.331 e. The summed E-state index contributed by atoms with van der Waals surface area (Å²) in [5, 5.41) is 18.7. The van der Waals surface area contributed by atoms with Gasteiger partial charge in [0.2, 0.25) is 4.63 Å². The molecule has 0 aliphatic carbocycles. The number of nitrogens with one attached hydrogen (secondary N) is 1. The zero-order valence-corrected chi connectivity index (χ0v) is 11.2. The second-order valence-electron chi connectivity index (χ2n) is 4.24. The minimum absolute atomic E-state index is 0.0869. The molecule has 0 bridgehead atoms. The summed E-state index contributed by atoms with van der Waals surface area (Å²) in [5.74, 6) is 0. The molecular weight excluding hydrogens is 308 g/mol. The summed E-state index contributed by atoms with van der Waals surface area (Å²) in [6.07, 6.45) is -0.233. The first-order valence-electron chi connectivity index (χ1n) is 5.36. The van der Waals surface area contributed by atoms with E-state index in [-0.39, 0.29) is 13.0 Å². The summed E-state index contributed by atoms with van der Waals surface area (Å²) < 4.78 is 5.33. The van der Waals surface area contributed by atoms with Crippen molar-refractivity contribution >= 4 is 15.9 Å². The van der Waals surface area contributed by atoms with Crippen LogP contribution in [0.3, 0.4) is 0 Å². The number of H-pyrrole nitrogens is 1. The molecule has 2 heterocycles. The van der Waals surface area contributed by atoms with Gasteiger partial charge in [-0.1, -0.05) is 0 Å². The lowest BCUT2D eigenvalue weighted by atomic mass is 10.2. The minimum atomic E-state index is -1.26. The Morgan fingerprint density at radius 3 is 2.89 bits per heavy atom. The fourth-order valence-electron chi connectivity index (χ4n) is 1.88. The number of nitrogens with zero attached hydrogens (tertiary/aromatic N) is 1. The Morgan fingerprint density at radius 1 is 1.67 bits per heavy atom. The molecule has 2 rings (SSSR count). The largest absolute Gasteiger partial charge is 0.394 e. The standard InChI is InChI=1S/C10H13BrN2O5/c1-5-3-13(9(17)12-8(5)16)10(11)2-6(15)7(4-14)18-10/h3,6-7,14-15H,2,4H2,1H3,(H,12,16,17)/t6-,7+,10-/m0/s1. The normalized spacial score (nSPS) is 31.8. The van der Waals surface area contributed by atoms with Crippen molar-refractivity contribution in [3.63, 3.8) is 0 Å². The average Bonchev–Trinajstić information content (AvgIpc) is 2.59. The highest BCUT2D eigenvalue weighted by molar-refractivity contribution is 9.09. The fourth-order valence-corrected chi connectivity index (χ4v) is 2.71. The summed E-state index contributed by atoms with van der Waals surface area (Å²) in [5.41, 5.74) is -0.767. The van der Waals surface area contributed by atoms with Gasteiger partial charge in [0.05, 0.1) is 12.7 Å². The number of alkyl halides is 1. The van der Waals surface area contributed by atoms with Crippen LogP contribution >= 0.6 is 15.9 Å². The van der Waals surface area contributed by atoms with Crippen LogP contribution in [0.25, 0.3) is 0 Å². The Labute approximate surface area is 110 Å². The first kappa shape index (κ1) is 13.5. The van der Waals surface area contributed by atoms with Crippen molar-refractivity contribution in [2.45, 2.75) is 30.2 Å². The number of aromatic nitrogens is 2. The van der Waals surface area contributed by atoms with E-state index in [1.807, 2.05) is 0 Å². The van der Waals surface area contributed by atoms with Gasteiger partial charge >= 0.3 is 5.69 Å². The van der Waals surface area contributed by atoms with Crippen LogP contribution in [0.15, 0.2) is 15.8 Å². The van der Waals surface area contributed by atoms with E-state index < -0.39 is 28.1 Å². The molecule has 18 heavy (non-hydrogen) atoms. The Morgan fingerprint density at radius 2 is 2.33 bits per heavy atom. The van der Waals surface area contributed by atoms with Crippen LogP contribution in [0.1, 0.15) is 12.0 Å². The van der Waals surface area contributed by atoms with Crippen molar-refractivity contribution in [2.24, 2.45) is 0 Å². The predicted molar refractivity (Wildman–Crippen MR) is 65.5 cm³/mol. The summed E-state index contributed by atoms with van der Waals surface area (Å²) in [6, 6.07) is 0. The van der Waals surface area contributed by atoms with Crippen molar-refractivity contribution in [3.05, 3.63) is 32.6 Å². The Bertz CT molecular complexity index is 568. The average molecular weight is 321 g/mol. The Kier molecular flexibility index (Phi) is 3.45. The molecule has 3 N–H and O–H groups in total. The lowest BCUT2D eigenvalue weighted by Crippen LogP contribution is -2.41. The number of ether oxygens (including phenoxy) is 1. The monoisotopic (exact) mass is 320 g/mol. The molecule has 1 aliphatic heterocycles. The van der Waals surface area contributed by atoms with Crippen LogP contribution < -0.4 is 11.2 Å². The molecule has 1 aliphatic rings. The van der Waals surface area contributed by atoms with E-state index in [0.29, 0.717) is 5.56 Å². The molecule has 0 amide bonds. The lowest BCUT2D eigenvalue weighted by Gasteiger charge is -2.24. The maximum Gasteiger partial charge on any atom is 0.331 e. The first-order valence-corrected chi connectivity index (χ1v) is 6.15. The van der Waals surface area contributed by atoms with Gasteiger partial charge < -0.3 is 14.9 Å². The maximum absolute atomic E-state index is 11.7. The van der Waals surface area contributed by atoms with Crippen LogP contribution in [-0.4, -0.2) is 38.6 Å². The van der Waals surface area contributed by atoms with Crippen molar-refractivity contribution in [1.82, 2.24) is 9.55 Å². The second-order valence-corrected chi connectivity index (χ2v) is 5.48. The number of aryl methyl sites for hydroxylation is 1. The molecule has 1 aromatic heterocycles. The van der Waals surface area contributed by atoms with Crippen molar-refractivity contribution < 1.29 is 14.9 Å². The molecule has 1 aromatic rings.